The van der Waals surface area contributed by atoms with Crippen molar-refractivity contribution in [2.75, 3.05) is 11.1 Å². The van der Waals surface area contributed by atoms with E-state index in [0.29, 0.717) is 17.1 Å². The van der Waals surface area contributed by atoms with Crippen molar-refractivity contribution in [2.45, 2.75) is 6.18 Å². The lowest BCUT2D eigenvalue weighted by atomic mass is 9.98. The summed E-state index contributed by atoms with van der Waals surface area (Å²) in [6.45, 7) is 0. The molecule has 0 aliphatic rings. The molecule has 0 bridgehead atoms. The summed E-state index contributed by atoms with van der Waals surface area (Å²) in [6.07, 6.45) is -4.63. The number of carbonyl (C=O) groups is 1. The summed E-state index contributed by atoms with van der Waals surface area (Å²) in [5.74, 6) is -0.793. The fourth-order valence-electron chi connectivity index (χ4n) is 2.62. The van der Waals surface area contributed by atoms with Gasteiger partial charge in [-0.25, -0.2) is 0 Å². The number of carbonyl (C=O) groups excluding carboxylic acids is 1. The van der Waals surface area contributed by atoms with Crippen LogP contribution in [0.1, 0.15) is 21.5 Å². The molecule has 3 N–H and O–H groups in total. The molecule has 0 aliphatic carbocycles. The van der Waals surface area contributed by atoms with Crippen LogP contribution in [0.15, 0.2) is 66.7 Å². The molecule has 0 aromatic heterocycles. The summed E-state index contributed by atoms with van der Waals surface area (Å²) in [6, 6.07) is 16.1. The van der Waals surface area contributed by atoms with Gasteiger partial charge in [-0.15, -0.1) is 0 Å². The van der Waals surface area contributed by atoms with E-state index >= 15 is 0 Å². The lowest BCUT2D eigenvalue weighted by Crippen LogP contribution is -2.14. The highest BCUT2D eigenvalue weighted by molar-refractivity contribution is 6.35. The average Bonchev–Trinajstić information content (AvgIpc) is 2.62. The molecule has 3 aromatic rings. The second-order valence-electron chi connectivity index (χ2n) is 5.78. The zero-order valence-corrected chi connectivity index (χ0v) is 14.6. The Bertz CT molecular complexity index is 1000. The number of alkyl halides is 3. The number of nitrogens with two attached hydrogens (primary N) is 1. The summed E-state index contributed by atoms with van der Waals surface area (Å²) < 4.78 is 39.5. The van der Waals surface area contributed by atoms with Gasteiger partial charge in [0.25, 0.3) is 0 Å². The zero-order valence-electron chi connectivity index (χ0n) is 13.8. The van der Waals surface area contributed by atoms with E-state index in [-0.39, 0.29) is 10.6 Å². The van der Waals surface area contributed by atoms with Crippen LogP contribution in [0.3, 0.4) is 0 Å². The first kappa shape index (κ1) is 18.8. The third-order valence-corrected chi connectivity index (χ3v) is 4.24. The quantitative estimate of drug-likeness (QED) is 0.429. The molecule has 0 amide bonds. The molecule has 0 aliphatic heterocycles. The molecule has 0 unspecified atom stereocenters. The van der Waals surface area contributed by atoms with Gasteiger partial charge in [0.15, 0.2) is 5.78 Å². The van der Waals surface area contributed by atoms with Gasteiger partial charge in [0.1, 0.15) is 0 Å². The van der Waals surface area contributed by atoms with Crippen molar-refractivity contribution < 1.29 is 18.0 Å². The third-order valence-electron chi connectivity index (χ3n) is 3.93. The number of hydrogen-bond donors (Lipinski definition) is 2. The summed E-state index contributed by atoms with van der Waals surface area (Å²) in [5, 5.41) is 3.09. The van der Waals surface area contributed by atoms with Crippen LogP contribution in [0.4, 0.5) is 30.2 Å². The fraction of sp³-hybridized carbons (Fsp3) is 0.0500. The van der Waals surface area contributed by atoms with E-state index in [9.17, 15) is 18.0 Å². The van der Waals surface area contributed by atoms with Crippen LogP contribution in [0, 0.1) is 0 Å². The van der Waals surface area contributed by atoms with Gasteiger partial charge in [0.05, 0.1) is 22.0 Å². The van der Waals surface area contributed by atoms with Gasteiger partial charge in [-0.05, 0) is 36.4 Å². The Morgan fingerprint density at radius 1 is 0.926 bits per heavy atom. The van der Waals surface area contributed by atoms with E-state index in [4.69, 9.17) is 17.3 Å². The molecule has 0 radical (unpaired) electrons. The van der Waals surface area contributed by atoms with Gasteiger partial charge in [-0.1, -0.05) is 41.9 Å². The second kappa shape index (κ2) is 7.32. The minimum Gasteiger partial charge on any atom is -0.397 e. The minimum absolute atomic E-state index is 0.0139. The maximum atomic E-state index is 13.2. The summed E-state index contributed by atoms with van der Waals surface area (Å²) in [5.41, 5.74) is 6.13. The second-order valence-corrected chi connectivity index (χ2v) is 6.19. The number of halogens is 4. The van der Waals surface area contributed by atoms with E-state index < -0.39 is 23.1 Å². The Hall–Kier alpha value is -2.99. The number of anilines is 3. The molecule has 0 spiro atoms. The average molecular weight is 391 g/mol. The molecule has 0 fully saturated rings. The molecule has 0 atom stereocenters. The van der Waals surface area contributed by atoms with Crippen molar-refractivity contribution in [3.8, 4) is 0 Å². The maximum Gasteiger partial charge on any atom is 0.417 e. The van der Waals surface area contributed by atoms with Gasteiger partial charge in [-0.2, -0.15) is 13.2 Å². The molecule has 27 heavy (non-hydrogen) atoms. The fourth-order valence-corrected chi connectivity index (χ4v) is 2.88. The van der Waals surface area contributed by atoms with E-state index in [1.807, 2.05) is 0 Å². The van der Waals surface area contributed by atoms with Crippen molar-refractivity contribution in [1.82, 2.24) is 0 Å². The smallest absolute Gasteiger partial charge is 0.397 e. The van der Waals surface area contributed by atoms with Gasteiger partial charge in [0, 0.05) is 16.8 Å². The molecule has 3 rings (SSSR count). The Kier molecular flexibility index (Phi) is 5.10. The van der Waals surface area contributed by atoms with Crippen molar-refractivity contribution in [2.24, 2.45) is 0 Å². The van der Waals surface area contributed by atoms with E-state index in [2.05, 4.69) is 5.32 Å². The molecule has 0 heterocycles. The molecule has 3 aromatic carbocycles. The Morgan fingerprint density at radius 2 is 1.59 bits per heavy atom. The molecule has 138 valence electrons. The molecule has 3 nitrogen and oxygen atoms in total. The highest BCUT2D eigenvalue weighted by Crippen LogP contribution is 2.34. The van der Waals surface area contributed by atoms with Crippen molar-refractivity contribution in [1.29, 1.82) is 0 Å². The predicted molar refractivity (Wildman–Crippen MR) is 100 cm³/mol. The van der Waals surface area contributed by atoms with Crippen molar-refractivity contribution >= 4 is 34.4 Å². The van der Waals surface area contributed by atoms with Gasteiger partial charge < -0.3 is 11.1 Å². The van der Waals surface area contributed by atoms with Crippen LogP contribution in [0.5, 0.6) is 0 Å². The lowest BCUT2D eigenvalue weighted by Gasteiger charge is -2.14. The number of rotatable bonds is 4. The number of nitrogen functional groups attached to an aromatic ring is 1. The molecular formula is C20H14ClF3N2O. The van der Waals surface area contributed by atoms with Gasteiger partial charge in [0.2, 0.25) is 0 Å². The number of nitrogens with one attached hydrogen (secondary N) is 1. The van der Waals surface area contributed by atoms with Crippen LogP contribution < -0.4 is 11.1 Å². The Morgan fingerprint density at radius 3 is 2.26 bits per heavy atom. The molecule has 0 saturated carbocycles. The first-order valence-corrected chi connectivity index (χ1v) is 8.27. The van der Waals surface area contributed by atoms with E-state index in [1.165, 1.54) is 24.3 Å². The topological polar surface area (TPSA) is 55.1 Å². The summed E-state index contributed by atoms with van der Waals surface area (Å²) in [4.78, 5) is 12.6. The monoisotopic (exact) mass is 390 g/mol. The predicted octanol–water partition coefficient (Wildman–Crippen LogP) is 5.92. The first-order chi connectivity index (χ1) is 12.8. The highest BCUT2D eigenvalue weighted by atomic mass is 35.5. The van der Waals surface area contributed by atoms with Gasteiger partial charge in [-0.3, -0.25) is 4.79 Å². The SMILES string of the molecule is Nc1ccccc1Nc1ccc(C(=O)c2ccccc2C(F)(F)F)c(Cl)c1. The number of ketones is 1. The first-order valence-electron chi connectivity index (χ1n) is 7.89. The largest absolute Gasteiger partial charge is 0.417 e. The molecule has 0 saturated heterocycles. The highest BCUT2D eigenvalue weighted by Gasteiger charge is 2.35. The standard InChI is InChI=1S/C20H14ClF3N2O/c21-16-11-12(26-18-8-4-3-7-17(18)25)9-10-14(16)19(27)13-5-1-2-6-15(13)20(22,23)24/h1-11,26H,25H2. The number of hydrogen-bond acceptors (Lipinski definition) is 3. The molecule has 7 heteroatoms. The van der Waals surface area contributed by atoms with Crippen LogP contribution >= 0.6 is 11.6 Å². The van der Waals surface area contributed by atoms with Crippen LogP contribution in [-0.2, 0) is 6.18 Å². The van der Waals surface area contributed by atoms with E-state index in [0.717, 1.165) is 12.1 Å². The zero-order chi connectivity index (χ0) is 19.6. The number of para-hydroxylation sites is 2. The number of benzene rings is 3. The van der Waals surface area contributed by atoms with Crippen LogP contribution in [-0.4, -0.2) is 5.78 Å². The summed E-state index contributed by atoms with van der Waals surface area (Å²) in [7, 11) is 0. The Balaban J connectivity index is 1.93. The third kappa shape index (κ3) is 4.06. The maximum absolute atomic E-state index is 13.2. The minimum atomic E-state index is -4.63. The van der Waals surface area contributed by atoms with Crippen LogP contribution in [0.2, 0.25) is 5.02 Å². The van der Waals surface area contributed by atoms with E-state index in [1.54, 1.807) is 30.3 Å². The van der Waals surface area contributed by atoms with Crippen LogP contribution in [0.25, 0.3) is 0 Å². The van der Waals surface area contributed by atoms with Gasteiger partial charge >= 0.3 is 6.18 Å². The molecular weight excluding hydrogens is 377 g/mol. The lowest BCUT2D eigenvalue weighted by molar-refractivity contribution is -0.137. The van der Waals surface area contributed by atoms with Crippen molar-refractivity contribution in [3.63, 3.8) is 0 Å². The normalized spacial score (nSPS) is 11.3. The van der Waals surface area contributed by atoms with Crippen molar-refractivity contribution in [3.05, 3.63) is 88.4 Å². The Labute approximate surface area is 158 Å². The summed E-state index contributed by atoms with van der Waals surface area (Å²) >= 11 is 6.17.